The number of thiazole rings is 1. The zero-order valence-corrected chi connectivity index (χ0v) is 21.4. The first-order chi connectivity index (χ1) is 16.0. The van der Waals surface area contributed by atoms with Crippen LogP contribution in [0.2, 0.25) is 0 Å². The number of anilines is 1. The van der Waals surface area contributed by atoms with E-state index in [1.165, 1.54) is 27.0 Å². The number of thioether (sulfide) groups is 1. The quantitative estimate of drug-likeness (QED) is 0.426. The Labute approximate surface area is 205 Å². The van der Waals surface area contributed by atoms with Crippen LogP contribution in [0, 0.1) is 0 Å². The topological polar surface area (TPSA) is 79.8 Å². The molecule has 2 saturated heterocycles. The zero-order valence-electron chi connectivity index (χ0n) is 18.2. The third-order valence-corrected chi connectivity index (χ3v) is 11.1. The Morgan fingerprint density at radius 3 is 2.91 bits per heavy atom. The van der Waals surface area contributed by atoms with E-state index in [2.05, 4.69) is 6.07 Å². The molecule has 0 saturated carbocycles. The van der Waals surface area contributed by atoms with Gasteiger partial charge in [-0.2, -0.15) is 4.31 Å². The summed E-state index contributed by atoms with van der Waals surface area (Å²) in [7, 11) is -3.71. The van der Waals surface area contributed by atoms with Crippen LogP contribution in [-0.2, 0) is 19.6 Å². The molecule has 0 bridgehead atoms. The van der Waals surface area contributed by atoms with Gasteiger partial charge in [0.25, 0.3) is 10.0 Å². The second kappa shape index (κ2) is 9.63. The Bertz CT molecular complexity index is 1240. The monoisotopic (exact) mass is 523 g/mol. The maximum absolute atomic E-state index is 13.9. The van der Waals surface area contributed by atoms with Crippen LogP contribution in [0.15, 0.2) is 44.8 Å². The molecule has 0 N–H and O–H groups in total. The lowest BCUT2D eigenvalue weighted by Crippen LogP contribution is -2.49. The zero-order chi connectivity index (χ0) is 23.0. The molecule has 0 spiro atoms. The molecule has 0 aliphatic carbocycles. The highest BCUT2D eigenvalue weighted by Gasteiger charge is 2.43. The first-order valence-corrected chi connectivity index (χ1v) is 15.3. The molecule has 5 rings (SSSR count). The second-order valence-electron chi connectivity index (χ2n) is 8.12. The standard InChI is InChI=1S/C22H25N3O4S4/c1-30-16-8-9-17-19(13-16)32-22(23-17)24(14-15-5-3-11-29-15)21(26)18-6-2-10-25(18)33(27,28)20-7-4-12-31-20/h4,7-9,12-13,15,18H,2-3,5-6,10-11,14H2,1H3. The average Bonchev–Trinajstić information content (AvgIpc) is 3.63. The van der Waals surface area contributed by atoms with Gasteiger partial charge in [0, 0.05) is 18.0 Å². The first-order valence-electron chi connectivity index (χ1n) is 10.9. The van der Waals surface area contributed by atoms with Crippen molar-refractivity contribution in [2.24, 2.45) is 0 Å². The van der Waals surface area contributed by atoms with Crippen molar-refractivity contribution in [3.05, 3.63) is 35.7 Å². The highest BCUT2D eigenvalue weighted by atomic mass is 32.2. The number of benzene rings is 1. The number of nitrogens with zero attached hydrogens (tertiary/aromatic N) is 3. The SMILES string of the molecule is CSc1ccc2nc(N(CC3CCCO3)C(=O)C3CCCN3S(=O)(=O)c3cccs3)sc2c1. The third-order valence-electron chi connectivity index (χ3n) is 6.04. The van der Waals surface area contributed by atoms with Crippen molar-refractivity contribution in [2.45, 2.75) is 46.9 Å². The molecule has 3 aromatic rings. The van der Waals surface area contributed by atoms with Gasteiger partial charge in [-0.3, -0.25) is 9.69 Å². The molecule has 1 amide bonds. The van der Waals surface area contributed by atoms with E-state index in [9.17, 15) is 13.2 Å². The minimum atomic E-state index is -3.71. The number of ether oxygens (including phenoxy) is 1. The Morgan fingerprint density at radius 2 is 2.18 bits per heavy atom. The first kappa shape index (κ1) is 23.3. The second-order valence-corrected chi connectivity index (χ2v) is 13.1. The summed E-state index contributed by atoms with van der Waals surface area (Å²) in [5.74, 6) is -0.215. The minimum Gasteiger partial charge on any atom is -0.376 e. The van der Waals surface area contributed by atoms with Crippen LogP contribution in [0.5, 0.6) is 0 Å². The van der Waals surface area contributed by atoms with Gasteiger partial charge >= 0.3 is 0 Å². The lowest BCUT2D eigenvalue weighted by molar-refractivity contribution is -0.122. The Morgan fingerprint density at radius 1 is 1.30 bits per heavy atom. The number of amides is 1. The molecule has 4 heterocycles. The maximum Gasteiger partial charge on any atom is 0.253 e. The van der Waals surface area contributed by atoms with Crippen molar-refractivity contribution < 1.29 is 17.9 Å². The van der Waals surface area contributed by atoms with Gasteiger partial charge in [-0.15, -0.1) is 23.1 Å². The maximum atomic E-state index is 13.9. The van der Waals surface area contributed by atoms with E-state index in [0.717, 1.165) is 28.0 Å². The minimum absolute atomic E-state index is 0.0634. The summed E-state index contributed by atoms with van der Waals surface area (Å²) < 4.78 is 35.0. The number of sulfonamides is 1. The molecule has 2 aliphatic rings. The van der Waals surface area contributed by atoms with Gasteiger partial charge in [-0.25, -0.2) is 13.4 Å². The highest BCUT2D eigenvalue weighted by Crippen LogP contribution is 2.35. The van der Waals surface area contributed by atoms with Crippen LogP contribution < -0.4 is 4.90 Å². The van der Waals surface area contributed by atoms with Crippen molar-refractivity contribution in [2.75, 3.05) is 30.9 Å². The average molecular weight is 524 g/mol. The molecule has 2 atom stereocenters. The summed E-state index contributed by atoms with van der Waals surface area (Å²) in [6, 6.07) is 8.67. The number of thiophene rings is 1. The van der Waals surface area contributed by atoms with Crippen molar-refractivity contribution in [1.29, 1.82) is 0 Å². The largest absolute Gasteiger partial charge is 0.376 e. The van der Waals surface area contributed by atoms with Crippen molar-refractivity contribution in [3.8, 4) is 0 Å². The van der Waals surface area contributed by atoms with E-state index < -0.39 is 16.1 Å². The van der Waals surface area contributed by atoms with Gasteiger partial charge in [0.1, 0.15) is 10.3 Å². The summed E-state index contributed by atoms with van der Waals surface area (Å²) in [6.07, 6.45) is 4.98. The smallest absolute Gasteiger partial charge is 0.253 e. The van der Waals surface area contributed by atoms with Gasteiger partial charge in [-0.1, -0.05) is 17.4 Å². The molecule has 7 nitrogen and oxygen atoms in total. The summed E-state index contributed by atoms with van der Waals surface area (Å²) in [4.78, 5) is 21.5. The number of hydrogen-bond donors (Lipinski definition) is 0. The van der Waals surface area contributed by atoms with E-state index in [0.29, 0.717) is 37.7 Å². The fraction of sp³-hybridized carbons (Fsp3) is 0.455. The number of carbonyl (C=O) groups is 1. The van der Waals surface area contributed by atoms with Crippen LogP contribution in [0.1, 0.15) is 25.7 Å². The van der Waals surface area contributed by atoms with E-state index in [1.54, 1.807) is 34.2 Å². The number of carbonyl (C=O) groups excluding carboxylic acids is 1. The Hall–Kier alpha value is -1.50. The van der Waals surface area contributed by atoms with Crippen LogP contribution >= 0.6 is 34.4 Å². The summed E-state index contributed by atoms with van der Waals surface area (Å²) >= 11 is 4.31. The van der Waals surface area contributed by atoms with Gasteiger partial charge in [0.05, 0.1) is 22.9 Å². The predicted octanol–water partition coefficient (Wildman–Crippen LogP) is 4.45. The summed E-state index contributed by atoms with van der Waals surface area (Å²) in [6.45, 7) is 1.42. The Balaban J connectivity index is 1.49. The molecule has 2 aromatic heterocycles. The van der Waals surface area contributed by atoms with E-state index in [4.69, 9.17) is 9.72 Å². The van der Waals surface area contributed by atoms with E-state index >= 15 is 0 Å². The molecule has 1 aromatic carbocycles. The summed E-state index contributed by atoms with van der Waals surface area (Å²) in [5, 5.41) is 2.34. The van der Waals surface area contributed by atoms with Crippen LogP contribution in [0.25, 0.3) is 10.2 Å². The number of hydrogen-bond acceptors (Lipinski definition) is 8. The molecule has 2 aliphatic heterocycles. The predicted molar refractivity (Wildman–Crippen MR) is 134 cm³/mol. The van der Waals surface area contributed by atoms with Gasteiger partial charge in [0.15, 0.2) is 5.13 Å². The van der Waals surface area contributed by atoms with Crippen LogP contribution in [0.4, 0.5) is 5.13 Å². The molecule has 0 radical (unpaired) electrons. The highest BCUT2D eigenvalue weighted by molar-refractivity contribution is 7.98. The number of rotatable bonds is 7. The van der Waals surface area contributed by atoms with E-state index in [-0.39, 0.29) is 16.2 Å². The lowest BCUT2D eigenvalue weighted by atomic mass is 10.2. The fourth-order valence-electron chi connectivity index (χ4n) is 4.37. The van der Waals surface area contributed by atoms with Crippen LogP contribution in [-0.4, -0.2) is 61.7 Å². The Kier molecular flexibility index (Phi) is 6.79. The van der Waals surface area contributed by atoms with Crippen LogP contribution in [0.3, 0.4) is 0 Å². The van der Waals surface area contributed by atoms with E-state index in [1.807, 2.05) is 18.4 Å². The van der Waals surface area contributed by atoms with Crippen molar-refractivity contribution in [1.82, 2.24) is 9.29 Å². The fourth-order valence-corrected chi connectivity index (χ4v) is 8.67. The molecule has 11 heteroatoms. The number of aromatic nitrogens is 1. The molecule has 2 unspecified atom stereocenters. The van der Waals surface area contributed by atoms with Gasteiger partial charge < -0.3 is 4.74 Å². The molecular formula is C22H25N3O4S4. The molecule has 33 heavy (non-hydrogen) atoms. The number of fused-ring (bicyclic) bond motifs is 1. The molecular weight excluding hydrogens is 499 g/mol. The molecule has 176 valence electrons. The summed E-state index contributed by atoms with van der Waals surface area (Å²) in [5.41, 5.74) is 0.840. The van der Waals surface area contributed by atoms with Gasteiger partial charge in [-0.05, 0) is 61.6 Å². The normalized spacial score (nSPS) is 21.7. The van der Waals surface area contributed by atoms with Crippen molar-refractivity contribution in [3.63, 3.8) is 0 Å². The van der Waals surface area contributed by atoms with Gasteiger partial charge in [0.2, 0.25) is 5.91 Å². The van der Waals surface area contributed by atoms with Crippen molar-refractivity contribution >= 4 is 65.7 Å². The molecule has 2 fully saturated rings. The lowest BCUT2D eigenvalue weighted by Gasteiger charge is -2.29. The third kappa shape index (κ3) is 4.59.